The van der Waals surface area contributed by atoms with E-state index in [9.17, 15) is 20.0 Å². The molecule has 1 aromatic carbocycles. The zero-order valence-corrected chi connectivity index (χ0v) is 11.3. The van der Waals surface area contributed by atoms with Crippen molar-refractivity contribution in [2.24, 2.45) is 0 Å². The van der Waals surface area contributed by atoms with Gasteiger partial charge in [-0.15, -0.1) is 11.8 Å². The van der Waals surface area contributed by atoms with Gasteiger partial charge < -0.3 is 5.11 Å². The van der Waals surface area contributed by atoms with Crippen LogP contribution in [-0.2, 0) is 4.79 Å². The number of rotatable bonds is 3. The van der Waals surface area contributed by atoms with Crippen molar-refractivity contribution in [3.8, 4) is 0 Å². The standard InChI is InChI=1S/C12H14N2O4S/c1-12(2)9(11(15)16)13-10(19-12)7-4-3-5-8(6-7)14(17)18/h3-6,9-10,13H,1-2H3,(H,15,16). The van der Waals surface area contributed by atoms with Gasteiger partial charge in [-0.1, -0.05) is 12.1 Å². The van der Waals surface area contributed by atoms with Crippen LogP contribution in [-0.4, -0.2) is 26.8 Å². The Morgan fingerprint density at radius 3 is 2.74 bits per heavy atom. The van der Waals surface area contributed by atoms with Crippen molar-refractivity contribution in [3.63, 3.8) is 0 Å². The maximum absolute atomic E-state index is 11.2. The molecule has 2 atom stereocenters. The van der Waals surface area contributed by atoms with Gasteiger partial charge in [-0.2, -0.15) is 0 Å². The lowest BCUT2D eigenvalue weighted by Gasteiger charge is -2.20. The number of nitrogens with zero attached hydrogens (tertiary/aromatic N) is 1. The highest BCUT2D eigenvalue weighted by Gasteiger charge is 2.45. The number of non-ortho nitro benzene ring substituents is 1. The van der Waals surface area contributed by atoms with E-state index in [1.807, 2.05) is 13.8 Å². The molecule has 0 radical (unpaired) electrons. The summed E-state index contributed by atoms with van der Waals surface area (Å²) in [5.41, 5.74) is 0.729. The molecule has 102 valence electrons. The third-order valence-electron chi connectivity index (χ3n) is 3.07. The van der Waals surface area contributed by atoms with Gasteiger partial charge in [-0.3, -0.25) is 20.2 Å². The van der Waals surface area contributed by atoms with E-state index in [2.05, 4.69) is 5.32 Å². The number of hydrogen-bond acceptors (Lipinski definition) is 5. The minimum absolute atomic E-state index is 0.0106. The third-order valence-corrected chi connectivity index (χ3v) is 4.55. The SMILES string of the molecule is CC1(C)SC(c2cccc([N+](=O)[O-])c2)NC1C(=O)O. The third kappa shape index (κ3) is 2.71. The van der Waals surface area contributed by atoms with E-state index in [4.69, 9.17) is 0 Å². The fourth-order valence-corrected chi connectivity index (χ4v) is 3.49. The lowest BCUT2D eigenvalue weighted by molar-refractivity contribution is -0.384. The normalized spacial score (nSPS) is 25.2. The van der Waals surface area contributed by atoms with Crippen molar-refractivity contribution in [1.82, 2.24) is 5.32 Å². The number of carboxylic acids is 1. The summed E-state index contributed by atoms with van der Waals surface area (Å²) in [7, 11) is 0. The molecule has 1 aromatic rings. The maximum Gasteiger partial charge on any atom is 0.322 e. The summed E-state index contributed by atoms with van der Waals surface area (Å²) in [6, 6.07) is 5.59. The van der Waals surface area contributed by atoms with Gasteiger partial charge >= 0.3 is 5.97 Å². The van der Waals surface area contributed by atoms with Crippen LogP contribution in [0, 0.1) is 10.1 Å². The molecule has 1 heterocycles. The van der Waals surface area contributed by atoms with Crippen LogP contribution in [0.3, 0.4) is 0 Å². The second-order valence-electron chi connectivity index (χ2n) is 4.89. The maximum atomic E-state index is 11.2. The number of nitrogens with one attached hydrogen (secondary N) is 1. The van der Waals surface area contributed by atoms with Crippen LogP contribution in [0.15, 0.2) is 24.3 Å². The van der Waals surface area contributed by atoms with Crippen LogP contribution >= 0.6 is 11.8 Å². The highest BCUT2D eigenvalue weighted by atomic mass is 32.2. The molecule has 0 bridgehead atoms. The first-order chi connectivity index (χ1) is 8.81. The van der Waals surface area contributed by atoms with Gasteiger partial charge in [0.05, 0.1) is 10.3 Å². The second kappa shape index (κ2) is 4.82. The molecule has 2 N–H and O–H groups in total. The van der Waals surface area contributed by atoms with E-state index in [1.165, 1.54) is 23.9 Å². The molecule has 1 aliphatic rings. The molecule has 19 heavy (non-hydrogen) atoms. The fraction of sp³-hybridized carbons (Fsp3) is 0.417. The van der Waals surface area contributed by atoms with Crippen LogP contribution in [0.2, 0.25) is 0 Å². The summed E-state index contributed by atoms with van der Waals surface area (Å²) in [6.45, 7) is 3.70. The first-order valence-corrected chi connectivity index (χ1v) is 6.60. The van der Waals surface area contributed by atoms with Gasteiger partial charge in [-0.25, -0.2) is 0 Å². The summed E-state index contributed by atoms with van der Waals surface area (Å²) in [4.78, 5) is 21.5. The number of nitro benzene ring substituents is 1. The second-order valence-corrected chi connectivity index (χ2v) is 6.65. The monoisotopic (exact) mass is 282 g/mol. The first-order valence-electron chi connectivity index (χ1n) is 5.72. The molecule has 1 saturated heterocycles. The lowest BCUT2D eigenvalue weighted by atomic mass is 10.0. The largest absolute Gasteiger partial charge is 0.480 e. The Bertz CT molecular complexity index is 532. The first kappa shape index (κ1) is 13.8. The number of carbonyl (C=O) groups is 1. The zero-order chi connectivity index (χ0) is 14.2. The number of hydrogen-bond donors (Lipinski definition) is 2. The van der Waals surface area contributed by atoms with Crippen LogP contribution in [0.4, 0.5) is 5.69 Å². The van der Waals surface area contributed by atoms with Crippen LogP contribution in [0.25, 0.3) is 0 Å². The molecule has 7 heteroatoms. The Hall–Kier alpha value is -1.60. The predicted molar refractivity (Wildman–Crippen MR) is 72.1 cm³/mol. The van der Waals surface area contributed by atoms with Gasteiger partial charge in [0.2, 0.25) is 0 Å². The van der Waals surface area contributed by atoms with Gasteiger partial charge in [0.1, 0.15) is 6.04 Å². The zero-order valence-electron chi connectivity index (χ0n) is 10.5. The average Bonchev–Trinajstić information content (AvgIpc) is 2.65. The van der Waals surface area contributed by atoms with E-state index < -0.39 is 21.7 Å². The Labute approximate surface area is 114 Å². The number of nitro groups is 1. The molecule has 6 nitrogen and oxygen atoms in total. The Balaban J connectivity index is 2.27. The van der Waals surface area contributed by atoms with Gasteiger partial charge in [-0.05, 0) is 19.4 Å². The highest BCUT2D eigenvalue weighted by Crippen LogP contribution is 2.46. The lowest BCUT2D eigenvalue weighted by Crippen LogP contribution is -2.43. The molecule has 0 aliphatic carbocycles. The molecule has 0 amide bonds. The van der Waals surface area contributed by atoms with Gasteiger partial charge in [0, 0.05) is 16.9 Å². The molecule has 1 aliphatic heterocycles. The van der Waals surface area contributed by atoms with Crippen molar-refractivity contribution in [2.75, 3.05) is 0 Å². The quantitative estimate of drug-likeness (QED) is 0.652. The number of carboxylic acid groups (broad SMARTS) is 1. The predicted octanol–water partition coefficient (Wildman–Crippen LogP) is 2.16. The van der Waals surface area contributed by atoms with Gasteiger partial charge in [0.15, 0.2) is 0 Å². The van der Waals surface area contributed by atoms with Gasteiger partial charge in [0.25, 0.3) is 5.69 Å². The smallest absolute Gasteiger partial charge is 0.322 e. The van der Waals surface area contributed by atoms with Crippen molar-refractivity contribution < 1.29 is 14.8 Å². The Morgan fingerprint density at radius 2 is 2.21 bits per heavy atom. The molecule has 0 saturated carbocycles. The number of thioether (sulfide) groups is 1. The molecule has 2 rings (SSSR count). The number of aliphatic carboxylic acids is 1. The fourth-order valence-electron chi connectivity index (χ4n) is 2.09. The van der Waals surface area contributed by atoms with Crippen LogP contribution < -0.4 is 5.32 Å². The van der Waals surface area contributed by atoms with E-state index in [-0.39, 0.29) is 11.1 Å². The van der Waals surface area contributed by atoms with Crippen molar-refractivity contribution in [3.05, 3.63) is 39.9 Å². The highest BCUT2D eigenvalue weighted by molar-refractivity contribution is 8.01. The van der Waals surface area contributed by atoms with Crippen molar-refractivity contribution in [1.29, 1.82) is 0 Å². The van der Waals surface area contributed by atoms with E-state index in [0.717, 1.165) is 5.56 Å². The Morgan fingerprint density at radius 1 is 1.53 bits per heavy atom. The minimum Gasteiger partial charge on any atom is -0.480 e. The summed E-state index contributed by atoms with van der Waals surface area (Å²) >= 11 is 1.46. The molecule has 2 unspecified atom stereocenters. The molecule has 0 spiro atoms. The molecule has 0 aromatic heterocycles. The van der Waals surface area contributed by atoms with Crippen molar-refractivity contribution in [2.45, 2.75) is 30.0 Å². The van der Waals surface area contributed by atoms with Crippen LogP contribution in [0.1, 0.15) is 24.8 Å². The van der Waals surface area contributed by atoms with E-state index in [0.29, 0.717) is 0 Å². The summed E-state index contributed by atoms with van der Waals surface area (Å²) in [5.74, 6) is -0.912. The number of benzene rings is 1. The van der Waals surface area contributed by atoms with E-state index in [1.54, 1.807) is 12.1 Å². The molecular weight excluding hydrogens is 268 g/mol. The van der Waals surface area contributed by atoms with Crippen molar-refractivity contribution >= 4 is 23.4 Å². The minimum atomic E-state index is -0.912. The summed E-state index contributed by atoms with van der Waals surface area (Å²) in [5, 5.41) is 22.7. The van der Waals surface area contributed by atoms with Crippen LogP contribution in [0.5, 0.6) is 0 Å². The molecular formula is C12H14N2O4S. The average molecular weight is 282 g/mol. The molecule has 1 fully saturated rings. The summed E-state index contributed by atoms with van der Waals surface area (Å²) < 4.78 is -0.471. The van der Waals surface area contributed by atoms with E-state index >= 15 is 0 Å². The summed E-state index contributed by atoms with van der Waals surface area (Å²) in [6.07, 6.45) is 0. The Kier molecular flexibility index (Phi) is 3.51. The topological polar surface area (TPSA) is 92.5 Å².